The fourth-order valence-corrected chi connectivity index (χ4v) is 3.21. The molecule has 2 unspecified atom stereocenters. The minimum absolute atomic E-state index is 0.104. The molecule has 1 fully saturated rings. The number of carbonyl (C=O) groups is 1. The summed E-state index contributed by atoms with van der Waals surface area (Å²) in [6.45, 7) is 0.507. The number of nitro benzene ring substituents is 1. The topological polar surface area (TPSA) is 72.2 Å². The monoisotopic (exact) mass is 360 g/mol. The Morgan fingerprint density at radius 1 is 1.45 bits per heavy atom. The lowest BCUT2D eigenvalue weighted by Gasteiger charge is -2.14. The van der Waals surface area contributed by atoms with Gasteiger partial charge in [0.25, 0.3) is 11.6 Å². The van der Waals surface area contributed by atoms with E-state index in [1.165, 1.54) is 12.1 Å². The molecule has 0 spiro atoms. The van der Waals surface area contributed by atoms with E-state index in [1.807, 2.05) is 0 Å². The fourth-order valence-electron chi connectivity index (χ4n) is 2.36. The zero-order valence-corrected chi connectivity index (χ0v) is 13.0. The van der Waals surface area contributed by atoms with Gasteiger partial charge in [-0.05, 0) is 24.8 Å². The number of hydrogen-bond donors (Lipinski definition) is 1. The number of amides is 1. The van der Waals surface area contributed by atoms with Crippen LogP contribution in [0.4, 0.5) is 5.69 Å². The number of rotatable bonds is 4. The maximum Gasteiger partial charge on any atom is 0.271 e. The van der Waals surface area contributed by atoms with E-state index < -0.39 is 4.92 Å². The van der Waals surface area contributed by atoms with E-state index in [0.29, 0.717) is 11.0 Å². The first-order valence-electron chi connectivity index (χ1n) is 6.34. The van der Waals surface area contributed by atoms with Gasteiger partial charge in [0.1, 0.15) is 0 Å². The third-order valence-corrected chi connectivity index (χ3v) is 4.48. The van der Waals surface area contributed by atoms with Crippen LogP contribution in [0, 0.1) is 16.0 Å². The van der Waals surface area contributed by atoms with Gasteiger partial charge in [-0.2, -0.15) is 0 Å². The lowest BCUT2D eigenvalue weighted by Crippen LogP contribution is -2.31. The van der Waals surface area contributed by atoms with E-state index in [4.69, 9.17) is 11.6 Å². The molecule has 1 aromatic rings. The predicted molar refractivity (Wildman–Crippen MR) is 80.1 cm³/mol. The van der Waals surface area contributed by atoms with Gasteiger partial charge in [-0.1, -0.05) is 22.4 Å². The van der Waals surface area contributed by atoms with Crippen LogP contribution in [0.5, 0.6) is 0 Å². The van der Waals surface area contributed by atoms with Crippen molar-refractivity contribution in [1.29, 1.82) is 0 Å². The highest BCUT2D eigenvalue weighted by Gasteiger charge is 2.25. The van der Waals surface area contributed by atoms with Crippen molar-refractivity contribution >= 4 is 39.1 Å². The molecule has 2 atom stereocenters. The minimum Gasteiger partial charge on any atom is -0.352 e. The molecule has 0 bridgehead atoms. The third-order valence-electron chi connectivity index (χ3n) is 3.45. The Hall–Kier alpha value is -1.14. The van der Waals surface area contributed by atoms with Crippen LogP contribution >= 0.6 is 27.5 Å². The number of hydrogen-bond acceptors (Lipinski definition) is 3. The average molecular weight is 362 g/mol. The van der Waals surface area contributed by atoms with E-state index in [-0.39, 0.29) is 28.5 Å². The Morgan fingerprint density at radius 3 is 2.80 bits per heavy atom. The van der Waals surface area contributed by atoms with E-state index in [0.717, 1.165) is 19.3 Å². The second-order valence-corrected chi connectivity index (χ2v) is 6.35. The molecule has 1 N–H and O–H groups in total. The Bertz CT molecular complexity index is 538. The highest BCUT2D eigenvalue weighted by Crippen LogP contribution is 2.29. The van der Waals surface area contributed by atoms with Crippen molar-refractivity contribution in [3.63, 3.8) is 0 Å². The first kappa shape index (κ1) is 15.3. The number of alkyl halides is 1. The van der Waals surface area contributed by atoms with Crippen LogP contribution in [0.2, 0.25) is 0 Å². The van der Waals surface area contributed by atoms with Crippen molar-refractivity contribution in [3.05, 3.63) is 38.3 Å². The molecule has 0 heterocycles. The maximum atomic E-state index is 12.0. The zero-order chi connectivity index (χ0) is 14.7. The fraction of sp³-hybridized carbons (Fsp3) is 0.462. The smallest absolute Gasteiger partial charge is 0.271 e. The number of nitrogens with zero attached hydrogens (tertiary/aromatic N) is 1. The molecule has 1 saturated carbocycles. The number of non-ortho nitro benzene ring substituents is 1. The molecule has 20 heavy (non-hydrogen) atoms. The lowest BCUT2D eigenvalue weighted by atomic mass is 10.1. The molecule has 0 radical (unpaired) electrons. The van der Waals surface area contributed by atoms with Gasteiger partial charge in [-0.25, -0.2) is 0 Å². The van der Waals surface area contributed by atoms with Gasteiger partial charge in [0.15, 0.2) is 0 Å². The Labute approximate surface area is 130 Å². The summed E-state index contributed by atoms with van der Waals surface area (Å²) in [7, 11) is 0. The average Bonchev–Trinajstić information content (AvgIpc) is 2.80. The summed E-state index contributed by atoms with van der Waals surface area (Å²) in [5, 5.41) is 13.7. The molecule has 5 nitrogen and oxygen atoms in total. The highest BCUT2D eigenvalue weighted by molar-refractivity contribution is 9.10. The van der Waals surface area contributed by atoms with Crippen LogP contribution in [-0.4, -0.2) is 22.8 Å². The molecule has 7 heteroatoms. The van der Waals surface area contributed by atoms with E-state index in [2.05, 4.69) is 21.2 Å². The first-order valence-corrected chi connectivity index (χ1v) is 7.57. The van der Waals surface area contributed by atoms with Gasteiger partial charge in [0.2, 0.25) is 0 Å². The van der Waals surface area contributed by atoms with Gasteiger partial charge >= 0.3 is 0 Å². The Balaban J connectivity index is 2.03. The number of halogens is 2. The number of nitro groups is 1. The molecule has 1 aliphatic carbocycles. The maximum absolute atomic E-state index is 12.0. The Kier molecular flexibility index (Phi) is 4.99. The SMILES string of the molecule is O=C(NCC1CCCC1Cl)c1cc(Br)cc([N+](=O)[O-])c1. The van der Waals surface area contributed by atoms with Crippen molar-refractivity contribution in [2.75, 3.05) is 6.54 Å². The summed E-state index contributed by atoms with van der Waals surface area (Å²) in [5.41, 5.74) is 0.163. The van der Waals surface area contributed by atoms with E-state index in [1.54, 1.807) is 6.07 Å². The zero-order valence-electron chi connectivity index (χ0n) is 10.6. The van der Waals surface area contributed by atoms with E-state index in [9.17, 15) is 14.9 Å². The second kappa shape index (κ2) is 6.54. The Morgan fingerprint density at radius 2 is 2.20 bits per heavy atom. The summed E-state index contributed by atoms with van der Waals surface area (Å²) in [6.07, 6.45) is 3.06. The molecule has 0 saturated heterocycles. The van der Waals surface area contributed by atoms with Crippen molar-refractivity contribution in [2.45, 2.75) is 24.6 Å². The van der Waals surface area contributed by atoms with Crippen molar-refractivity contribution < 1.29 is 9.72 Å². The van der Waals surface area contributed by atoms with Crippen molar-refractivity contribution in [2.24, 2.45) is 5.92 Å². The van der Waals surface area contributed by atoms with Gasteiger partial charge in [0.05, 0.1) is 4.92 Å². The standard InChI is InChI=1S/C13H14BrClN2O3/c14-10-4-9(5-11(6-10)17(19)20)13(18)16-7-8-2-1-3-12(8)15/h4-6,8,12H,1-3,7H2,(H,16,18). The van der Waals surface area contributed by atoms with Crippen LogP contribution in [0.1, 0.15) is 29.6 Å². The molecule has 0 aromatic heterocycles. The third kappa shape index (κ3) is 3.70. The van der Waals surface area contributed by atoms with Crippen LogP contribution in [0.3, 0.4) is 0 Å². The molecular formula is C13H14BrClN2O3. The van der Waals surface area contributed by atoms with Gasteiger partial charge in [-0.3, -0.25) is 14.9 Å². The lowest BCUT2D eigenvalue weighted by molar-refractivity contribution is -0.385. The van der Waals surface area contributed by atoms with Gasteiger partial charge < -0.3 is 5.32 Å². The minimum atomic E-state index is -0.521. The predicted octanol–water partition coefficient (Wildman–Crippen LogP) is 3.49. The van der Waals surface area contributed by atoms with Gasteiger partial charge in [-0.15, -0.1) is 11.6 Å². The van der Waals surface area contributed by atoms with Crippen LogP contribution < -0.4 is 5.32 Å². The first-order chi connectivity index (χ1) is 9.47. The summed E-state index contributed by atoms with van der Waals surface area (Å²) >= 11 is 9.32. The molecule has 108 valence electrons. The van der Waals surface area contributed by atoms with Crippen LogP contribution in [-0.2, 0) is 0 Å². The number of carbonyl (C=O) groups excluding carboxylic acids is 1. The summed E-state index contributed by atoms with van der Waals surface area (Å²) in [4.78, 5) is 22.3. The molecule has 2 rings (SSSR count). The summed E-state index contributed by atoms with van der Waals surface area (Å²) in [6, 6.07) is 4.20. The number of nitrogens with one attached hydrogen (secondary N) is 1. The van der Waals surface area contributed by atoms with Crippen LogP contribution in [0.25, 0.3) is 0 Å². The number of benzene rings is 1. The second-order valence-electron chi connectivity index (χ2n) is 4.87. The molecule has 1 aromatic carbocycles. The van der Waals surface area contributed by atoms with Gasteiger partial charge in [0, 0.05) is 34.1 Å². The summed E-state index contributed by atoms with van der Waals surface area (Å²) in [5.74, 6) is -0.0343. The summed E-state index contributed by atoms with van der Waals surface area (Å²) < 4.78 is 0.507. The largest absolute Gasteiger partial charge is 0.352 e. The van der Waals surface area contributed by atoms with E-state index >= 15 is 0 Å². The normalized spacial score (nSPS) is 21.7. The quantitative estimate of drug-likeness (QED) is 0.507. The molecule has 0 aliphatic heterocycles. The highest BCUT2D eigenvalue weighted by atomic mass is 79.9. The van der Waals surface area contributed by atoms with Crippen LogP contribution in [0.15, 0.2) is 22.7 Å². The van der Waals surface area contributed by atoms with Crippen molar-refractivity contribution in [3.8, 4) is 0 Å². The molecule has 1 aliphatic rings. The molecular weight excluding hydrogens is 348 g/mol. The molecule has 1 amide bonds. The van der Waals surface area contributed by atoms with Crippen molar-refractivity contribution in [1.82, 2.24) is 5.32 Å².